The van der Waals surface area contributed by atoms with E-state index in [1.807, 2.05) is 71.9 Å². The third-order valence-electron chi connectivity index (χ3n) is 14.4. The van der Waals surface area contributed by atoms with Crippen molar-refractivity contribution in [1.29, 1.82) is 0 Å². The average Bonchev–Trinajstić information content (AvgIpc) is 3.97. The van der Waals surface area contributed by atoms with Gasteiger partial charge in [0.1, 0.15) is 43.2 Å². The molecule has 3 N–H and O–H groups in total. The van der Waals surface area contributed by atoms with Crippen LogP contribution in [0.1, 0.15) is 126 Å². The molecule has 20 nitrogen and oxygen atoms in total. The molecule has 3 amide bonds. The monoisotopic (exact) mass is 987 g/mol. The van der Waals surface area contributed by atoms with E-state index in [2.05, 4.69) is 5.32 Å². The molecule has 1 aromatic carbocycles. The highest BCUT2D eigenvalue weighted by atomic mass is 16.9. The predicted molar refractivity (Wildman–Crippen MR) is 246 cm³/mol. The lowest BCUT2D eigenvalue weighted by molar-refractivity contribution is -0.284. The number of alkyl carbamates (subject to hydrolysis) is 1. The Balaban J connectivity index is 0.000000196. The van der Waals surface area contributed by atoms with E-state index in [4.69, 9.17) is 57.8 Å². The van der Waals surface area contributed by atoms with Crippen LogP contribution in [0.25, 0.3) is 0 Å². The quantitative estimate of drug-likeness (QED) is 0.297. The van der Waals surface area contributed by atoms with Crippen LogP contribution < -0.4 is 11.1 Å². The minimum Gasteiger partial charge on any atom is -0.445 e. The number of carbonyl (C=O) groups excluding carboxylic acids is 5. The molecule has 8 atom stereocenters. The van der Waals surface area contributed by atoms with Crippen LogP contribution in [0.5, 0.6) is 0 Å². The van der Waals surface area contributed by atoms with Gasteiger partial charge >= 0.3 is 6.09 Å². The van der Waals surface area contributed by atoms with E-state index in [1.54, 1.807) is 37.5 Å². The molecule has 0 aliphatic carbocycles. The van der Waals surface area contributed by atoms with Crippen LogP contribution in [0.15, 0.2) is 30.3 Å². The van der Waals surface area contributed by atoms with Crippen LogP contribution in [0.3, 0.4) is 0 Å². The zero-order chi connectivity index (χ0) is 50.7. The van der Waals surface area contributed by atoms with Crippen molar-refractivity contribution in [2.75, 3.05) is 39.4 Å². The summed E-state index contributed by atoms with van der Waals surface area (Å²) in [5.74, 6) is -7.73. The van der Waals surface area contributed by atoms with Gasteiger partial charge in [-0.15, -0.1) is 0 Å². The van der Waals surface area contributed by atoms with Crippen molar-refractivity contribution in [2.24, 2.45) is 5.73 Å². The summed E-state index contributed by atoms with van der Waals surface area (Å²) in [5.41, 5.74) is 6.21. The van der Waals surface area contributed by atoms with Gasteiger partial charge in [0.2, 0.25) is 23.1 Å². The number of carbonyl (C=O) groups is 5. The number of benzene rings is 1. The summed E-state index contributed by atoms with van der Waals surface area (Å²) in [5, 5.41) is 2.93. The second-order valence-electron chi connectivity index (χ2n) is 22.4. The van der Waals surface area contributed by atoms with Crippen molar-refractivity contribution < 1.29 is 76.1 Å². The number of rotatable bonds is 11. The number of fused-ring (bicyclic) bond motifs is 6. The fraction of sp³-hybridized carbons (Fsp3) is 0.780. The number of nitrogens with zero attached hydrogens (tertiary/aromatic N) is 2. The number of amides is 3. The smallest absolute Gasteiger partial charge is 0.407 e. The summed E-state index contributed by atoms with van der Waals surface area (Å²) in [6.45, 7) is 20.8. The van der Waals surface area contributed by atoms with E-state index < -0.39 is 88.0 Å². The summed E-state index contributed by atoms with van der Waals surface area (Å²) in [7, 11) is 0. The van der Waals surface area contributed by atoms with Gasteiger partial charge in [-0.1, -0.05) is 30.3 Å². The van der Waals surface area contributed by atoms with Crippen molar-refractivity contribution in [3.63, 3.8) is 0 Å². The average molecular weight is 987 g/mol. The highest BCUT2D eigenvalue weighted by molar-refractivity contribution is 6.36. The van der Waals surface area contributed by atoms with Crippen LogP contribution in [-0.2, 0) is 77.9 Å². The highest BCUT2D eigenvalue weighted by Gasteiger charge is 2.66. The Labute approximate surface area is 410 Å². The molecule has 20 heteroatoms. The van der Waals surface area contributed by atoms with Crippen LogP contribution >= 0.6 is 0 Å². The number of likely N-dealkylation sites (tertiary alicyclic amines) is 2. The second-order valence-corrected chi connectivity index (χ2v) is 22.4. The topological polar surface area (TPSA) is 231 Å². The lowest BCUT2D eigenvalue weighted by atomic mass is 9.89. The maximum Gasteiger partial charge on any atom is 0.407 e. The van der Waals surface area contributed by atoms with E-state index in [0.717, 1.165) is 5.56 Å². The molecule has 0 saturated carbocycles. The van der Waals surface area contributed by atoms with Gasteiger partial charge in [-0.3, -0.25) is 19.2 Å². The van der Waals surface area contributed by atoms with Crippen LogP contribution in [0, 0.1) is 0 Å². The van der Waals surface area contributed by atoms with Crippen molar-refractivity contribution in [1.82, 2.24) is 15.1 Å². The fourth-order valence-corrected chi connectivity index (χ4v) is 10.8. The van der Waals surface area contributed by atoms with Crippen LogP contribution in [0.4, 0.5) is 4.79 Å². The minimum atomic E-state index is -1.21. The first kappa shape index (κ1) is 52.6. The number of Topliss-reactive ketones (excluding diaryl/α,β-unsaturated/α-hetero) is 2. The predicted octanol–water partition coefficient (Wildman–Crippen LogP) is 4.11. The number of ketones is 2. The lowest BCUT2D eigenvalue weighted by Crippen LogP contribution is -2.58. The third kappa shape index (κ3) is 11.7. The second kappa shape index (κ2) is 19.3. The molecule has 0 bridgehead atoms. The van der Waals surface area contributed by atoms with Gasteiger partial charge in [0.25, 0.3) is 11.8 Å². The first-order chi connectivity index (χ1) is 32.6. The summed E-state index contributed by atoms with van der Waals surface area (Å²) in [6, 6.07) is 9.44. The Hall–Kier alpha value is -3.67. The summed E-state index contributed by atoms with van der Waals surface area (Å²) >= 11 is 0. The summed E-state index contributed by atoms with van der Waals surface area (Å²) in [4.78, 5) is 66.9. The van der Waals surface area contributed by atoms with Crippen molar-refractivity contribution in [3.8, 4) is 0 Å². The molecule has 8 aliphatic heterocycles. The third-order valence-corrected chi connectivity index (χ3v) is 14.4. The molecule has 8 saturated heterocycles. The number of nitrogens with two attached hydrogens (primary N) is 1. The van der Waals surface area contributed by atoms with Crippen LogP contribution in [-0.4, -0.2) is 161 Å². The Kier molecular flexibility index (Phi) is 14.5. The standard InChI is InChI=1S/C29H40N2O9.C21H34N2O7/c1-26(2)37-21-18-36-29(23(22(21)38-26)39-27(3,4)40-29)12-11-20(32)24(33)31-15-13-28(5,14-16-31)30-25(34)35-17-19-9-7-6-8-10-19;1-18(2)27-14-12-26-21(16(15(14)28-18)29-19(3,4)30-21)7-6-13(24)17(25)23-10-8-20(5,22)9-11-23/h6-10,21-23H,11-18H2,1-5H3,(H,30,34);14-16H,6-12,22H2,1-5H3/t21-,22-,23+,29+;14-,15-,16+,21+/m11/s1. The number of piperidine rings is 2. The van der Waals surface area contributed by atoms with Crippen molar-refractivity contribution in [2.45, 2.75) is 210 Å². The molecule has 0 spiro atoms. The Morgan fingerprint density at radius 1 is 0.600 bits per heavy atom. The molecule has 9 rings (SSSR count). The van der Waals surface area contributed by atoms with Crippen LogP contribution in [0.2, 0.25) is 0 Å². The molecule has 0 radical (unpaired) electrons. The maximum atomic E-state index is 13.1. The SMILES string of the molecule is CC1(N)CCN(C(=O)C(=O)CC[C@@]23OC[C@H]4OC(C)(C)O[C@H]4[C@@H]2OC(C)(C)O3)CC1.CC1(NC(=O)OCc2ccccc2)CCN(C(=O)C(=O)CC[C@@]23OC[C@H]4OC(C)(C)O[C@H]4[C@@H]2OC(C)(C)O3)CC1. The highest BCUT2D eigenvalue weighted by Crippen LogP contribution is 2.51. The van der Waals surface area contributed by atoms with E-state index in [-0.39, 0.29) is 69.4 Å². The largest absolute Gasteiger partial charge is 0.445 e. The molecule has 8 fully saturated rings. The number of nitrogens with one attached hydrogen (secondary N) is 1. The molecule has 70 heavy (non-hydrogen) atoms. The van der Waals surface area contributed by atoms with Crippen molar-refractivity contribution in [3.05, 3.63) is 35.9 Å². The molecular formula is C50H74N4O16. The van der Waals surface area contributed by atoms with E-state index in [9.17, 15) is 24.0 Å². The normalized spacial score (nSPS) is 34.7. The maximum absolute atomic E-state index is 13.1. The molecule has 1 aromatic rings. The summed E-state index contributed by atoms with van der Waals surface area (Å²) in [6.07, 6.45) is -0.348. The molecule has 0 aromatic heterocycles. The van der Waals surface area contributed by atoms with Gasteiger partial charge in [-0.2, -0.15) is 0 Å². The Bertz CT molecular complexity index is 2120. The first-order valence-electron chi connectivity index (χ1n) is 24.8. The lowest BCUT2D eigenvalue weighted by Gasteiger charge is -2.41. The van der Waals surface area contributed by atoms with Gasteiger partial charge in [-0.05, 0) is 100 Å². The van der Waals surface area contributed by atoms with Crippen molar-refractivity contribution >= 4 is 29.5 Å². The number of hydrogen-bond donors (Lipinski definition) is 2. The number of hydrogen-bond acceptors (Lipinski definition) is 17. The molecule has 8 heterocycles. The van der Waals surface area contributed by atoms with Gasteiger partial charge in [0.05, 0.1) is 13.2 Å². The van der Waals surface area contributed by atoms with Gasteiger partial charge in [0.15, 0.2) is 23.1 Å². The van der Waals surface area contributed by atoms with Gasteiger partial charge in [-0.25, -0.2) is 4.79 Å². The Morgan fingerprint density at radius 2 is 1.03 bits per heavy atom. The minimum absolute atomic E-state index is 0.00675. The molecular weight excluding hydrogens is 913 g/mol. The van der Waals surface area contributed by atoms with E-state index in [0.29, 0.717) is 51.9 Å². The molecule has 8 aliphatic rings. The Morgan fingerprint density at radius 3 is 1.47 bits per heavy atom. The fourth-order valence-electron chi connectivity index (χ4n) is 10.8. The molecule has 0 unspecified atom stereocenters. The van der Waals surface area contributed by atoms with E-state index in [1.165, 1.54) is 0 Å². The van der Waals surface area contributed by atoms with E-state index >= 15 is 0 Å². The van der Waals surface area contributed by atoms with Gasteiger partial charge in [0, 0.05) is 62.9 Å². The molecule has 390 valence electrons. The zero-order valence-electron chi connectivity index (χ0n) is 42.5. The van der Waals surface area contributed by atoms with Gasteiger partial charge < -0.3 is 73.0 Å². The zero-order valence-corrected chi connectivity index (χ0v) is 42.5. The summed E-state index contributed by atoms with van der Waals surface area (Å²) < 4.78 is 66.3. The first-order valence-corrected chi connectivity index (χ1v) is 24.8. The number of ether oxygens (including phenoxy) is 11.